The van der Waals surface area contributed by atoms with Crippen molar-refractivity contribution in [2.24, 2.45) is 0 Å². The first kappa shape index (κ1) is 10.5. The SMILES string of the molecule is CC/C(=C\c1cscc1Br)C(=O)O. The van der Waals surface area contributed by atoms with E-state index in [0.717, 1.165) is 10.0 Å². The van der Waals surface area contributed by atoms with Crippen molar-refractivity contribution < 1.29 is 9.90 Å². The second-order valence-electron chi connectivity index (χ2n) is 2.50. The lowest BCUT2D eigenvalue weighted by Gasteiger charge is -1.96. The Morgan fingerprint density at radius 2 is 2.38 bits per heavy atom. The van der Waals surface area contributed by atoms with Gasteiger partial charge in [0.05, 0.1) is 0 Å². The summed E-state index contributed by atoms with van der Waals surface area (Å²) < 4.78 is 0.949. The highest BCUT2D eigenvalue weighted by atomic mass is 79.9. The number of carboxylic acid groups (broad SMARTS) is 1. The van der Waals surface area contributed by atoms with E-state index in [2.05, 4.69) is 15.9 Å². The quantitative estimate of drug-likeness (QED) is 0.847. The van der Waals surface area contributed by atoms with Gasteiger partial charge in [-0.25, -0.2) is 4.79 Å². The van der Waals surface area contributed by atoms with Crippen LogP contribution in [0.1, 0.15) is 18.9 Å². The van der Waals surface area contributed by atoms with Gasteiger partial charge in [0.1, 0.15) is 0 Å². The Labute approximate surface area is 89.0 Å². The lowest BCUT2D eigenvalue weighted by atomic mass is 10.1. The average Bonchev–Trinajstić information content (AvgIpc) is 2.46. The van der Waals surface area contributed by atoms with Crippen LogP contribution in [0.3, 0.4) is 0 Å². The van der Waals surface area contributed by atoms with Crippen molar-refractivity contribution in [3.63, 3.8) is 0 Å². The summed E-state index contributed by atoms with van der Waals surface area (Å²) in [6, 6.07) is 0. The Hall–Kier alpha value is -0.610. The fourth-order valence-electron chi connectivity index (χ4n) is 0.897. The summed E-state index contributed by atoms with van der Waals surface area (Å²) in [5.74, 6) is -0.847. The molecule has 0 radical (unpaired) electrons. The molecule has 4 heteroatoms. The zero-order valence-corrected chi connectivity index (χ0v) is 9.48. The van der Waals surface area contributed by atoms with Gasteiger partial charge in [-0.2, -0.15) is 11.3 Å². The second kappa shape index (κ2) is 4.58. The first-order valence-corrected chi connectivity index (χ1v) is 5.54. The van der Waals surface area contributed by atoms with E-state index in [1.807, 2.05) is 17.7 Å². The number of aliphatic carboxylic acids is 1. The van der Waals surface area contributed by atoms with Crippen molar-refractivity contribution in [3.05, 3.63) is 26.4 Å². The molecule has 0 fully saturated rings. The number of thiophene rings is 1. The molecule has 0 spiro atoms. The number of halogens is 1. The van der Waals surface area contributed by atoms with Gasteiger partial charge in [-0.05, 0) is 39.4 Å². The van der Waals surface area contributed by atoms with E-state index in [0.29, 0.717) is 12.0 Å². The Morgan fingerprint density at radius 1 is 1.69 bits per heavy atom. The van der Waals surface area contributed by atoms with Gasteiger partial charge in [0.2, 0.25) is 0 Å². The second-order valence-corrected chi connectivity index (χ2v) is 4.10. The minimum Gasteiger partial charge on any atom is -0.478 e. The van der Waals surface area contributed by atoms with Crippen molar-refractivity contribution in [3.8, 4) is 0 Å². The monoisotopic (exact) mass is 260 g/mol. The number of carbonyl (C=O) groups is 1. The summed E-state index contributed by atoms with van der Waals surface area (Å²) >= 11 is 4.89. The third-order valence-corrected chi connectivity index (χ3v) is 3.38. The van der Waals surface area contributed by atoms with Gasteiger partial charge in [-0.3, -0.25) is 0 Å². The fourth-order valence-corrected chi connectivity index (χ4v) is 2.27. The van der Waals surface area contributed by atoms with E-state index in [1.165, 1.54) is 0 Å². The van der Waals surface area contributed by atoms with Crippen molar-refractivity contribution in [2.75, 3.05) is 0 Å². The van der Waals surface area contributed by atoms with Crippen molar-refractivity contribution in [1.82, 2.24) is 0 Å². The highest BCUT2D eigenvalue weighted by Crippen LogP contribution is 2.24. The predicted molar refractivity (Wildman–Crippen MR) is 57.9 cm³/mol. The summed E-state index contributed by atoms with van der Waals surface area (Å²) in [6.45, 7) is 1.83. The van der Waals surface area contributed by atoms with E-state index in [9.17, 15) is 4.79 Å². The third-order valence-electron chi connectivity index (χ3n) is 1.63. The number of hydrogen-bond donors (Lipinski definition) is 1. The van der Waals surface area contributed by atoms with Gasteiger partial charge in [-0.15, -0.1) is 0 Å². The van der Waals surface area contributed by atoms with Crippen LogP contribution in [0.4, 0.5) is 0 Å². The summed E-state index contributed by atoms with van der Waals surface area (Å²) in [5, 5.41) is 12.6. The molecule has 1 rings (SSSR count). The van der Waals surface area contributed by atoms with Crippen LogP contribution in [0.15, 0.2) is 20.8 Å². The molecule has 2 nitrogen and oxygen atoms in total. The molecule has 0 saturated carbocycles. The summed E-state index contributed by atoms with van der Waals surface area (Å²) in [7, 11) is 0. The third kappa shape index (κ3) is 2.67. The van der Waals surface area contributed by atoms with Gasteiger partial charge in [0.15, 0.2) is 0 Å². The largest absolute Gasteiger partial charge is 0.478 e. The molecule has 0 aromatic carbocycles. The predicted octanol–water partition coefficient (Wildman–Crippen LogP) is 3.39. The van der Waals surface area contributed by atoms with Gasteiger partial charge in [0, 0.05) is 15.4 Å². The van der Waals surface area contributed by atoms with Crippen molar-refractivity contribution >= 4 is 39.3 Å². The maximum Gasteiger partial charge on any atom is 0.331 e. The average molecular weight is 261 g/mol. The van der Waals surface area contributed by atoms with Crippen LogP contribution in [0.25, 0.3) is 6.08 Å². The fraction of sp³-hybridized carbons (Fsp3) is 0.222. The molecule has 0 saturated heterocycles. The van der Waals surface area contributed by atoms with Crippen LogP contribution in [-0.2, 0) is 4.79 Å². The van der Waals surface area contributed by atoms with Gasteiger partial charge in [-0.1, -0.05) is 6.92 Å². The molecular weight excluding hydrogens is 252 g/mol. The molecule has 0 unspecified atom stereocenters. The maximum atomic E-state index is 10.7. The Kier molecular flexibility index (Phi) is 3.69. The summed E-state index contributed by atoms with van der Waals surface area (Å²) in [6.07, 6.45) is 2.24. The van der Waals surface area contributed by atoms with E-state index in [-0.39, 0.29) is 0 Å². The summed E-state index contributed by atoms with van der Waals surface area (Å²) in [4.78, 5) is 10.7. The lowest BCUT2D eigenvalue weighted by Crippen LogP contribution is -1.98. The zero-order valence-electron chi connectivity index (χ0n) is 7.08. The van der Waals surface area contributed by atoms with Gasteiger partial charge in [0.25, 0.3) is 0 Å². The van der Waals surface area contributed by atoms with Crippen LogP contribution in [-0.4, -0.2) is 11.1 Å². The van der Waals surface area contributed by atoms with Crippen LogP contribution in [0, 0.1) is 0 Å². The molecule has 1 heterocycles. The van der Waals surface area contributed by atoms with Crippen LogP contribution in [0.5, 0.6) is 0 Å². The molecule has 0 atom stereocenters. The van der Waals surface area contributed by atoms with E-state index in [4.69, 9.17) is 5.11 Å². The Balaban J connectivity index is 2.98. The normalized spacial score (nSPS) is 11.7. The Morgan fingerprint density at radius 3 is 2.77 bits per heavy atom. The molecule has 0 bridgehead atoms. The number of hydrogen-bond acceptors (Lipinski definition) is 2. The molecule has 0 aliphatic heterocycles. The van der Waals surface area contributed by atoms with Gasteiger partial charge >= 0.3 is 5.97 Å². The van der Waals surface area contributed by atoms with Crippen molar-refractivity contribution in [2.45, 2.75) is 13.3 Å². The van der Waals surface area contributed by atoms with E-state index >= 15 is 0 Å². The standard InChI is InChI=1S/C9H9BrO2S/c1-2-6(9(11)12)3-7-4-13-5-8(7)10/h3-5H,2H2,1H3,(H,11,12)/b6-3+. The molecule has 0 aliphatic carbocycles. The first-order chi connectivity index (χ1) is 6.15. The highest BCUT2D eigenvalue weighted by Gasteiger charge is 2.05. The molecule has 70 valence electrons. The molecule has 1 aromatic rings. The maximum absolute atomic E-state index is 10.7. The van der Waals surface area contributed by atoms with Crippen LogP contribution >= 0.6 is 27.3 Å². The lowest BCUT2D eigenvalue weighted by molar-refractivity contribution is -0.132. The Bertz CT molecular complexity index is 341. The topological polar surface area (TPSA) is 37.3 Å². The minimum atomic E-state index is -0.847. The first-order valence-electron chi connectivity index (χ1n) is 3.80. The molecule has 1 N–H and O–H groups in total. The summed E-state index contributed by atoms with van der Waals surface area (Å²) in [5.41, 5.74) is 1.36. The smallest absolute Gasteiger partial charge is 0.331 e. The molecule has 0 aliphatic rings. The number of rotatable bonds is 3. The van der Waals surface area contributed by atoms with Crippen LogP contribution < -0.4 is 0 Å². The highest BCUT2D eigenvalue weighted by molar-refractivity contribution is 9.10. The van der Waals surface area contributed by atoms with Crippen LogP contribution in [0.2, 0.25) is 0 Å². The minimum absolute atomic E-state index is 0.430. The van der Waals surface area contributed by atoms with E-state index in [1.54, 1.807) is 17.4 Å². The molecule has 1 aromatic heterocycles. The molecular formula is C9H9BrO2S. The van der Waals surface area contributed by atoms with Crippen molar-refractivity contribution in [1.29, 1.82) is 0 Å². The van der Waals surface area contributed by atoms with Gasteiger partial charge < -0.3 is 5.11 Å². The van der Waals surface area contributed by atoms with E-state index < -0.39 is 5.97 Å². The number of carboxylic acids is 1. The zero-order chi connectivity index (χ0) is 9.84. The molecule has 13 heavy (non-hydrogen) atoms. The molecule has 0 amide bonds.